The minimum atomic E-state index is -0.394. The summed E-state index contributed by atoms with van der Waals surface area (Å²) < 4.78 is 15.1. The van der Waals surface area contributed by atoms with Crippen molar-refractivity contribution in [1.29, 1.82) is 0 Å². The molecule has 1 saturated carbocycles. The van der Waals surface area contributed by atoms with Crippen LogP contribution in [0.15, 0.2) is 36.5 Å². The molecule has 21 heavy (non-hydrogen) atoms. The lowest BCUT2D eigenvalue weighted by Gasteiger charge is -2.19. The average molecular weight is 289 g/mol. The van der Waals surface area contributed by atoms with Gasteiger partial charge in [0.05, 0.1) is 6.61 Å². The van der Waals surface area contributed by atoms with Crippen molar-refractivity contribution in [2.75, 3.05) is 13.2 Å². The normalized spacial score (nSPS) is 14.2. The van der Waals surface area contributed by atoms with Crippen molar-refractivity contribution < 1.29 is 14.3 Å². The number of carbonyl (C=O) groups is 1. The van der Waals surface area contributed by atoms with E-state index in [1.54, 1.807) is 35.4 Å². The number of rotatable bonds is 5. The van der Waals surface area contributed by atoms with Crippen molar-refractivity contribution in [3.63, 3.8) is 0 Å². The third-order valence-electron chi connectivity index (χ3n) is 3.50. The van der Waals surface area contributed by atoms with Gasteiger partial charge < -0.3 is 10.0 Å². The van der Waals surface area contributed by atoms with Gasteiger partial charge >= 0.3 is 0 Å². The lowest BCUT2D eigenvalue weighted by Crippen LogP contribution is -2.35. The zero-order valence-corrected chi connectivity index (χ0v) is 11.4. The van der Waals surface area contributed by atoms with Crippen molar-refractivity contribution >= 4 is 5.91 Å². The van der Waals surface area contributed by atoms with Crippen LogP contribution in [-0.4, -0.2) is 44.9 Å². The molecule has 1 aromatic heterocycles. The van der Waals surface area contributed by atoms with E-state index in [0.717, 1.165) is 12.8 Å². The maximum absolute atomic E-state index is 13.7. The number of hydrogen-bond donors (Lipinski definition) is 1. The van der Waals surface area contributed by atoms with Crippen LogP contribution >= 0.6 is 0 Å². The Morgan fingerprint density at radius 2 is 2.14 bits per heavy atom. The summed E-state index contributed by atoms with van der Waals surface area (Å²) in [6.07, 6.45) is 3.48. The number of nitrogens with zero attached hydrogens (tertiary/aromatic N) is 3. The first-order valence-corrected chi connectivity index (χ1v) is 6.93. The fourth-order valence-electron chi connectivity index (χ4n) is 2.30. The predicted molar refractivity (Wildman–Crippen MR) is 74.7 cm³/mol. The Kier molecular flexibility index (Phi) is 3.70. The van der Waals surface area contributed by atoms with Crippen molar-refractivity contribution in [1.82, 2.24) is 14.7 Å². The molecule has 6 heteroatoms. The number of aromatic nitrogens is 2. The van der Waals surface area contributed by atoms with Crippen LogP contribution in [0.25, 0.3) is 5.69 Å². The molecular formula is C15H16FN3O2. The Labute approximate surface area is 121 Å². The van der Waals surface area contributed by atoms with Gasteiger partial charge in [-0.15, -0.1) is 0 Å². The first-order valence-electron chi connectivity index (χ1n) is 6.93. The van der Waals surface area contributed by atoms with E-state index in [9.17, 15) is 9.18 Å². The molecule has 0 spiro atoms. The van der Waals surface area contributed by atoms with Crippen molar-refractivity contribution in [3.05, 3.63) is 48.0 Å². The van der Waals surface area contributed by atoms with Gasteiger partial charge in [0, 0.05) is 18.8 Å². The monoisotopic (exact) mass is 289 g/mol. The molecule has 0 unspecified atom stereocenters. The third kappa shape index (κ3) is 2.80. The molecule has 1 fully saturated rings. The summed E-state index contributed by atoms with van der Waals surface area (Å²) in [6.45, 7) is 0.228. The fraction of sp³-hybridized carbons (Fsp3) is 0.333. The van der Waals surface area contributed by atoms with Crippen LogP contribution in [0.3, 0.4) is 0 Å². The summed E-state index contributed by atoms with van der Waals surface area (Å²) in [6, 6.07) is 8.03. The van der Waals surface area contributed by atoms with Gasteiger partial charge in [0.2, 0.25) is 0 Å². The summed E-state index contributed by atoms with van der Waals surface area (Å²) in [5, 5.41) is 13.2. The summed E-state index contributed by atoms with van der Waals surface area (Å²) in [4.78, 5) is 14.0. The number of halogens is 1. The summed E-state index contributed by atoms with van der Waals surface area (Å²) in [5.74, 6) is -0.615. The number of hydrogen-bond acceptors (Lipinski definition) is 3. The molecule has 2 aromatic rings. The van der Waals surface area contributed by atoms with E-state index < -0.39 is 5.82 Å². The lowest BCUT2D eigenvalue weighted by atomic mass is 10.3. The standard InChI is InChI=1S/C15H16FN3O2/c16-12-3-1-2-4-14(12)19-8-7-13(17-19)15(21)18(9-10-20)11-5-6-11/h1-4,7-8,11,20H,5-6,9-10H2. The molecule has 0 saturated heterocycles. The second kappa shape index (κ2) is 5.65. The number of amides is 1. The Morgan fingerprint density at radius 3 is 2.81 bits per heavy atom. The summed E-state index contributed by atoms with van der Waals surface area (Å²) >= 11 is 0. The number of carbonyl (C=O) groups excluding carboxylic acids is 1. The van der Waals surface area contributed by atoms with Crippen LogP contribution in [0.2, 0.25) is 0 Å². The summed E-state index contributed by atoms with van der Waals surface area (Å²) in [7, 11) is 0. The van der Waals surface area contributed by atoms with Gasteiger partial charge in [-0.05, 0) is 31.0 Å². The van der Waals surface area contributed by atoms with Crippen LogP contribution in [0.4, 0.5) is 4.39 Å². The van der Waals surface area contributed by atoms with Gasteiger partial charge in [-0.25, -0.2) is 9.07 Å². The van der Waals surface area contributed by atoms with E-state index in [2.05, 4.69) is 5.10 Å². The Hall–Kier alpha value is -2.21. The average Bonchev–Trinajstić information content (AvgIpc) is 3.21. The maximum atomic E-state index is 13.7. The Bertz CT molecular complexity index is 652. The van der Waals surface area contributed by atoms with E-state index in [-0.39, 0.29) is 24.2 Å². The van der Waals surface area contributed by atoms with Crippen molar-refractivity contribution in [2.45, 2.75) is 18.9 Å². The first kappa shape index (κ1) is 13.8. The molecule has 0 bridgehead atoms. The highest BCUT2D eigenvalue weighted by atomic mass is 19.1. The molecule has 3 rings (SSSR count). The van der Waals surface area contributed by atoms with Gasteiger partial charge in [-0.1, -0.05) is 12.1 Å². The molecule has 1 N–H and O–H groups in total. The zero-order chi connectivity index (χ0) is 14.8. The van der Waals surface area contributed by atoms with Gasteiger partial charge in [0.15, 0.2) is 5.69 Å². The molecule has 0 aliphatic heterocycles. The molecule has 0 radical (unpaired) electrons. The fourth-order valence-corrected chi connectivity index (χ4v) is 2.30. The third-order valence-corrected chi connectivity index (χ3v) is 3.50. The predicted octanol–water partition coefficient (Wildman–Crippen LogP) is 1.61. The van der Waals surface area contributed by atoms with Gasteiger partial charge in [0.1, 0.15) is 11.5 Å². The number of benzene rings is 1. The summed E-state index contributed by atoms with van der Waals surface area (Å²) in [5.41, 5.74) is 0.565. The van der Waals surface area contributed by atoms with Gasteiger partial charge in [-0.2, -0.15) is 5.10 Å². The molecule has 1 aromatic carbocycles. The molecule has 110 valence electrons. The molecular weight excluding hydrogens is 273 g/mol. The topological polar surface area (TPSA) is 58.4 Å². The highest BCUT2D eigenvalue weighted by Crippen LogP contribution is 2.27. The highest BCUT2D eigenvalue weighted by Gasteiger charge is 2.33. The van der Waals surface area contributed by atoms with Crippen molar-refractivity contribution in [2.24, 2.45) is 0 Å². The molecule has 1 amide bonds. The van der Waals surface area contributed by atoms with Gasteiger partial charge in [-0.3, -0.25) is 4.79 Å². The maximum Gasteiger partial charge on any atom is 0.274 e. The van der Waals surface area contributed by atoms with Crippen LogP contribution in [0, 0.1) is 5.82 Å². The highest BCUT2D eigenvalue weighted by molar-refractivity contribution is 5.92. The minimum Gasteiger partial charge on any atom is -0.395 e. The lowest BCUT2D eigenvalue weighted by molar-refractivity contribution is 0.0701. The van der Waals surface area contributed by atoms with Crippen LogP contribution in [-0.2, 0) is 0 Å². The smallest absolute Gasteiger partial charge is 0.274 e. The molecule has 0 atom stereocenters. The van der Waals surface area contributed by atoms with Crippen LogP contribution in [0.1, 0.15) is 23.3 Å². The second-order valence-corrected chi connectivity index (χ2v) is 5.05. The molecule has 1 aliphatic carbocycles. The quantitative estimate of drug-likeness (QED) is 0.909. The SMILES string of the molecule is O=C(c1ccn(-c2ccccc2F)n1)N(CCO)C1CC1. The largest absolute Gasteiger partial charge is 0.395 e. The van der Waals surface area contributed by atoms with E-state index >= 15 is 0 Å². The van der Waals surface area contributed by atoms with E-state index in [1.165, 1.54) is 10.7 Å². The number of para-hydroxylation sites is 1. The molecule has 1 heterocycles. The number of aliphatic hydroxyl groups is 1. The number of aliphatic hydroxyl groups excluding tert-OH is 1. The Balaban J connectivity index is 1.84. The van der Waals surface area contributed by atoms with E-state index in [4.69, 9.17) is 5.11 Å². The second-order valence-electron chi connectivity index (χ2n) is 5.05. The molecule has 1 aliphatic rings. The first-order chi connectivity index (χ1) is 10.2. The minimum absolute atomic E-state index is 0.0732. The van der Waals surface area contributed by atoms with E-state index in [0.29, 0.717) is 12.2 Å². The van der Waals surface area contributed by atoms with E-state index in [1.807, 2.05) is 0 Å². The van der Waals surface area contributed by atoms with Crippen LogP contribution in [0.5, 0.6) is 0 Å². The Morgan fingerprint density at radius 1 is 1.38 bits per heavy atom. The molecule has 5 nitrogen and oxygen atoms in total. The van der Waals surface area contributed by atoms with Crippen molar-refractivity contribution in [3.8, 4) is 5.69 Å². The van der Waals surface area contributed by atoms with Crippen LogP contribution < -0.4 is 0 Å². The van der Waals surface area contributed by atoms with Gasteiger partial charge in [0.25, 0.3) is 5.91 Å². The zero-order valence-electron chi connectivity index (χ0n) is 11.4.